The lowest BCUT2D eigenvalue weighted by Crippen LogP contribution is -2.41. The van der Waals surface area contributed by atoms with E-state index in [1.54, 1.807) is 0 Å². The lowest BCUT2D eigenvalue weighted by Gasteiger charge is -2.35. The predicted molar refractivity (Wildman–Crippen MR) is 101 cm³/mol. The average molecular weight is 364 g/mol. The summed E-state index contributed by atoms with van der Waals surface area (Å²) in [5, 5.41) is 4.57. The highest BCUT2D eigenvalue weighted by Crippen LogP contribution is 2.40. The van der Waals surface area contributed by atoms with E-state index < -0.39 is 0 Å². The molecule has 0 bridgehead atoms. The van der Waals surface area contributed by atoms with Gasteiger partial charge in [-0.15, -0.1) is 0 Å². The van der Waals surface area contributed by atoms with E-state index in [1.165, 1.54) is 0 Å². The number of rotatable bonds is 2. The molecule has 3 aliphatic rings. The summed E-state index contributed by atoms with van der Waals surface area (Å²) >= 11 is 0. The standard InChI is InChI=1S/C17H27BN2O4.C2H6/c1-15(2)16(3,4)24-18(23-15)13-11-19-20(12-13)14-5-7-17(8-6-14)21-9-10-22-17;1-2/h11-12,14H,5-10H2,1-4H3;1-2H3. The molecule has 2 saturated heterocycles. The van der Waals surface area contributed by atoms with Gasteiger partial charge in [0.15, 0.2) is 5.79 Å². The molecule has 7 heteroatoms. The van der Waals surface area contributed by atoms with Crippen molar-refractivity contribution in [2.75, 3.05) is 13.2 Å². The lowest BCUT2D eigenvalue weighted by atomic mass is 9.82. The number of aromatic nitrogens is 2. The maximum atomic E-state index is 6.11. The molecule has 6 nitrogen and oxygen atoms in total. The highest BCUT2D eigenvalue weighted by Gasteiger charge is 2.52. The van der Waals surface area contributed by atoms with Crippen LogP contribution in [0.25, 0.3) is 0 Å². The summed E-state index contributed by atoms with van der Waals surface area (Å²) in [4.78, 5) is 0. The fourth-order valence-electron chi connectivity index (χ4n) is 3.75. The molecular weight excluding hydrogens is 331 g/mol. The molecule has 26 heavy (non-hydrogen) atoms. The van der Waals surface area contributed by atoms with Crippen molar-refractivity contribution < 1.29 is 18.8 Å². The first kappa shape index (κ1) is 19.9. The molecule has 0 atom stereocenters. The zero-order chi connectivity index (χ0) is 19.0. The van der Waals surface area contributed by atoms with Crippen LogP contribution in [0.1, 0.15) is 73.3 Å². The van der Waals surface area contributed by atoms with E-state index in [0.29, 0.717) is 6.04 Å². The van der Waals surface area contributed by atoms with Crippen molar-refractivity contribution in [2.24, 2.45) is 0 Å². The van der Waals surface area contributed by atoms with Crippen molar-refractivity contribution in [3.05, 3.63) is 12.4 Å². The van der Waals surface area contributed by atoms with Gasteiger partial charge in [0.05, 0.1) is 30.5 Å². The smallest absolute Gasteiger partial charge is 0.399 e. The summed E-state index contributed by atoms with van der Waals surface area (Å²) < 4.78 is 25.9. The fraction of sp³-hybridized carbons (Fsp3) is 0.842. The maximum absolute atomic E-state index is 6.11. The quantitative estimate of drug-likeness (QED) is 0.755. The molecule has 1 saturated carbocycles. The Balaban J connectivity index is 0.000000948. The van der Waals surface area contributed by atoms with E-state index in [9.17, 15) is 0 Å². The highest BCUT2D eigenvalue weighted by atomic mass is 16.7. The van der Waals surface area contributed by atoms with Crippen molar-refractivity contribution in [3.8, 4) is 0 Å². The first-order valence-electron chi connectivity index (χ1n) is 9.98. The fourth-order valence-corrected chi connectivity index (χ4v) is 3.75. The molecular formula is C19H33BN2O4. The molecule has 4 rings (SSSR count). The number of nitrogens with zero attached hydrogens (tertiary/aromatic N) is 2. The van der Waals surface area contributed by atoms with Gasteiger partial charge in [-0.3, -0.25) is 4.68 Å². The first-order chi connectivity index (χ1) is 12.3. The van der Waals surface area contributed by atoms with Crippen LogP contribution in [0.2, 0.25) is 0 Å². The summed E-state index contributed by atoms with van der Waals surface area (Å²) in [6, 6.07) is 0.389. The molecule has 1 aromatic heterocycles. The Bertz CT molecular complexity index is 584. The zero-order valence-corrected chi connectivity index (χ0v) is 17.1. The number of hydrogen-bond donors (Lipinski definition) is 0. The van der Waals surface area contributed by atoms with Crippen molar-refractivity contribution in [3.63, 3.8) is 0 Å². The van der Waals surface area contributed by atoms with Crippen molar-refractivity contribution in [1.82, 2.24) is 9.78 Å². The SMILES string of the molecule is CC.CC1(C)OB(c2cnn(C3CCC4(CC3)OCCO4)c2)OC1(C)C. The molecule has 1 aliphatic carbocycles. The van der Waals surface area contributed by atoms with Gasteiger partial charge >= 0.3 is 7.12 Å². The summed E-state index contributed by atoms with van der Waals surface area (Å²) in [6.45, 7) is 13.7. The number of ether oxygens (including phenoxy) is 2. The van der Waals surface area contributed by atoms with Crippen molar-refractivity contribution in [1.29, 1.82) is 0 Å². The Labute approximate surface area is 157 Å². The van der Waals surface area contributed by atoms with Gasteiger partial charge < -0.3 is 18.8 Å². The molecule has 0 radical (unpaired) electrons. The van der Waals surface area contributed by atoms with Crippen LogP contribution >= 0.6 is 0 Å². The Morgan fingerprint density at radius 3 is 2.08 bits per heavy atom. The molecule has 1 spiro atoms. The molecule has 0 aromatic carbocycles. The van der Waals surface area contributed by atoms with Gasteiger partial charge in [0, 0.05) is 30.7 Å². The van der Waals surface area contributed by atoms with Crippen LogP contribution in [0.5, 0.6) is 0 Å². The number of hydrogen-bond acceptors (Lipinski definition) is 5. The van der Waals surface area contributed by atoms with Gasteiger partial charge in [-0.1, -0.05) is 13.8 Å². The van der Waals surface area contributed by atoms with Crippen LogP contribution in [0.4, 0.5) is 0 Å². The maximum Gasteiger partial charge on any atom is 0.498 e. The second-order valence-electron chi connectivity index (χ2n) is 8.18. The van der Waals surface area contributed by atoms with E-state index in [1.807, 2.05) is 20.0 Å². The minimum absolute atomic E-state index is 0.321. The Hall–Kier alpha value is -0.885. The van der Waals surface area contributed by atoms with Crippen LogP contribution in [0.3, 0.4) is 0 Å². The minimum atomic E-state index is -0.347. The van der Waals surface area contributed by atoms with E-state index in [4.69, 9.17) is 18.8 Å². The summed E-state index contributed by atoms with van der Waals surface area (Å²) in [5.74, 6) is -0.321. The second-order valence-corrected chi connectivity index (χ2v) is 8.18. The molecule has 0 N–H and O–H groups in total. The topological polar surface area (TPSA) is 54.7 Å². The molecule has 3 heterocycles. The van der Waals surface area contributed by atoms with Crippen molar-refractivity contribution in [2.45, 2.75) is 90.3 Å². The predicted octanol–water partition coefficient (Wildman–Crippen LogP) is 3.07. The summed E-state index contributed by atoms with van der Waals surface area (Å²) in [6.07, 6.45) is 7.85. The van der Waals surface area contributed by atoms with E-state index in [2.05, 4.69) is 43.7 Å². The normalized spacial score (nSPS) is 26.8. The van der Waals surface area contributed by atoms with E-state index >= 15 is 0 Å². The van der Waals surface area contributed by atoms with Crippen molar-refractivity contribution >= 4 is 12.6 Å². The van der Waals surface area contributed by atoms with Crippen LogP contribution in [-0.4, -0.2) is 47.1 Å². The average Bonchev–Trinajstić information content (AvgIpc) is 3.30. The summed E-state index contributed by atoms with van der Waals surface area (Å²) in [7, 11) is -0.347. The van der Waals surface area contributed by atoms with E-state index in [0.717, 1.165) is 44.4 Å². The van der Waals surface area contributed by atoms with Gasteiger partial charge in [0.1, 0.15) is 0 Å². The third-order valence-corrected chi connectivity index (χ3v) is 6.05. The first-order valence-corrected chi connectivity index (χ1v) is 9.98. The Kier molecular flexibility index (Phi) is 5.55. The monoisotopic (exact) mass is 364 g/mol. The van der Waals surface area contributed by atoms with Gasteiger partial charge in [-0.2, -0.15) is 5.10 Å². The molecule has 2 aliphatic heterocycles. The molecule has 3 fully saturated rings. The van der Waals surface area contributed by atoms with Crippen LogP contribution in [0, 0.1) is 0 Å². The van der Waals surface area contributed by atoms with Gasteiger partial charge in [0.2, 0.25) is 0 Å². The molecule has 0 amide bonds. The van der Waals surface area contributed by atoms with E-state index in [-0.39, 0.29) is 24.1 Å². The Morgan fingerprint density at radius 1 is 1.00 bits per heavy atom. The Morgan fingerprint density at radius 2 is 1.54 bits per heavy atom. The van der Waals surface area contributed by atoms with Crippen LogP contribution < -0.4 is 5.46 Å². The van der Waals surface area contributed by atoms with Gasteiger partial charge in [0.25, 0.3) is 0 Å². The van der Waals surface area contributed by atoms with Gasteiger partial charge in [-0.05, 0) is 40.5 Å². The third-order valence-electron chi connectivity index (χ3n) is 6.05. The summed E-state index contributed by atoms with van der Waals surface area (Å²) in [5.41, 5.74) is 0.338. The third kappa shape index (κ3) is 3.59. The minimum Gasteiger partial charge on any atom is -0.399 e. The highest BCUT2D eigenvalue weighted by molar-refractivity contribution is 6.62. The zero-order valence-electron chi connectivity index (χ0n) is 17.1. The molecule has 0 unspecified atom stereocenters. The van der Waals surface area contributed by atoms with Crippen LogP contribution in [-0.2, 0) is 18.8 Å². The second kappa shape index (κ2) is 7.26. The lowest BCUT2D eigenvalue weighted by molar-refractivity contribution is -0.181. The molecule has 146 valence electrons. The van der Waals surface area contributed by atoms with Crippen LogP contribution in [0.15, 0.2) is 12.4 Å². The largest absolute Gasteiger partial charge is 0.498 e. The molecule has 1 aromatic rings. The van der Waals surface area contributed by atoms with Gasteiger partial charge in [-0.25, -0.2) is 0 Å².